The second kappa shape index (κ2) is 3.56. The summed E-state index contributed by atoms with van der Waals surface area (Å²) in [5.41, 5.74) is 0.282. The topological polar surface area (TPSA) is 15.6 Å². The molecule has 0 bridgehead atoms. The van der Waals surface area contributed by atoms with Crippen LogP contribution in [0.2, 0.25) is 0 Å². The van der Waals surface area contributed by atoms with Gasteiger partial charge in [0, 0.05) is 18.5 Å². The lowest BCUT2D eigenvalue weighted by atomic mass is 10.1. The van der Waals surface area contributed by atoms with Gasteiger partial charge in [-0.2, -0.15) is 0 Å². The minimum Gasteiger partial charge on any atom is -0.355 e. The van der Waals surface area contributed by atoms with E-state index in [-0.39, 0.29) is 11.1 Å². The Morgan fingerprint density at radius 1 is 1.07 bits per heavy atom. The average molecular weight is 196 g/mol. The van der Waals surface area contributed by atoms with Gasteiger partial charge in [0.1, 0.15) is 0 Å². The Kier molecular flexibility index (Phi) is 2.93. The van der Waals surface area contributed by atoms with Crippen LogP contribution in [0.25, 0.3) is 0 Å². The average Bonchev–Trinajstić information content (AvgIpc) is 2.29. The summed E-state index contributed by atoms with van der Waals surface area (Å²) in [5.74, 6) is 1.30. The molecule has 0 aromatic carbocycles. The molecule has 0 saturated carbocycles. The van der Waals surface area contributed by atoms with E-state index in [0.29, 0.717) is 0 Å². The van der Waals surface area contributed by atoms with Crippen LogP contribution in [0.5, 0.6) is 0 Å². The zero-order valence-electron chi connectivity index (χ0n) is 10.5. The van der Waals surface area contributed by atoms with Gasteiger partial charge < -0.3 is 4.90 Å². The van der Waals surface area contributed by atoms with E-state index in [2.05, 4.69) is 46.4 Å². The van der Waals surface area contributed by atoms with Crippen LogP contribution in [0.1, 0.15) is 54.4 Å². The van der Waals surface area contributed by atoms with Crippen molar-refractivity contribution in [2.75, 3.05) is 6.54 Å². The number of aliphatic imine (C=N–C) groups is 1. The van der Waals surface area contributed by atoms with Crippen molar-refractivity contribution in [3.05, 3.63) is 0 Å². The van der Waals surface area contributed by atoms with E-state index in [9.17, 15) is 0 Å². The fourth-order valence-electron chi connectivity index (χ4n) is 1.89. The zero-order valence-corrected chi connectivity index (χ0v) is 10.5. The fraction of sp³-hybridized carbons (Fsp3) is 0.917. The Hall–Kier alpha value is -0.530. The smallest absolute Gasteiger partial charge is 0.1000 e. The number of likely N-dealkylation sites (tertiary alicyclic amines) is 1. The zero-order chi connectivity index (χ0) is 11.0. The first-order valence-electron chi connectivity index (χ1n) is 5.56. The third kappa shape index (κ3) is 3.00. The summed E-state index contributed by atoms with van der Waals surface area (Å²) in [4.78, 5) is 7.24. The van der Waals surface area contributed by atoms with Crippen molar-refractivity contribution in [3.8, 4) is 0 Å². The minimum atomic E-state index is 0.0587. The lowest BCUT2D eigenvalue weighted by molar-refractivity contribution is 0.253. The second-order valence-corrected chi connectivity index (χ2v) is 6.12. The van der Waals surface area contributed by atoms with Gasteiger partial charge in [0.2, 0.25) is 0 Å². The lowest BCUT2D eigenvalue weighted by Gasteiger charge is -2.35. The molecule has 0 unspecified atom stereocenters. The number of hydrogen-bond acceptors (Lipinski definition) is 1. The van der Waals surface area contributed by atoms with Crippen LogP contribution in [0.4, 0.5) is 0 Å². The highest BCUT2D eigenvalue weighted by molar-refractivity contribution is 5.85. The molecular formula is C12H24N2. The fourth-order valence-corrected chi connectivity index (χ4v) is 1.89. The first-order chi connectivity index (χ1) is 6.20. The van der Waals surface area contributed by atoms with E-state index < -0.39 is 0 Å². The largest absolute Gasteiger partial charge is 0.355 e. The van der Waals surface area contributed by atoms with E-state index in [1.807, 2.05) is 0 Å². The van der Waals surface area contributed by atoms with Crippen LogP contribution in [0, 0.1) is 0 Å². The minimum absolute atomic E-state index is 0.0587. The molecule has 82 valence electrons. The van der Waals surface area contributed by atoms with Crippen LogP contribution in [-0.2, 0) is 0 Å². The monoisotopic (exact) mass is 196 g/mol. The van der Waals surface area contributed by atoms with Gasteiger partial charge in [-0.25, -0.2) is 0 Å². The molecule has 0 amide bonds. The number of amidine groups is 1. The highest BCUT2D eigenvalue weighted by Crippen LogP contribution is 2.24. The third-order valence-corrected chi connectivity index (χ3v) is 2.37. The van der Waals surface area contributed by atoms with E-state index in [4.69, 9.17) is 4.99 Å². The van der Waals surface area contributed by atoms with E-state index in [1.165, 1.54) is 18.8 Å². The van der Waals surface area contributed by atoms with Gasteiger partial charge in [-0.3, -0.25) is 4.99 Å². The molecule has 1 rings (SSSR count). The Morgan fingerprint density at radius 3 is 2.07 bits per heavy atom. The molecule has 1 saturated heterocycles. The highest BCUT2D eigenvalue weighted by atomic mass is 15.3. The van der Waals surface area contributed by atoms with Crippen molar-refractivity contribution < 1.29 is 0 Å². The number of rotatable bonds is 0. The van der Waals surface area contributed by atoms with Crippen molar-refractivity contribution in [1.29, 1.82) is 0 Å². The second-order valence-electron chi connectivity index (χ2n) is 6.12. The third-order valence-electron chi connectivity index (χ3n) is 2.37. The predicted molar refractivity (Wildman–Crippen MR) is 62.9 cm³/mol. The van der Waals surface area contributed by atoms with Gasteiger partial charge in [0.25, 0.3) is 0 Å². The molecule has 1 fully saturated rings. The van der Waals surface area contributed by atoms with Crippen molar-refractivity contribution in [1.82, 2.24) is 4.90 Å². The Bertz CT molecular complexity index is 228. The first kappa shape index (κ1) is 11.5. The van der Waals surface area contributed by atoms with Crippen molar-refractivity contribution in [2.45, 2.75) is 65.5 Å². The summed E-state index contributed by atoms with van der Waals surface area (Å²) >= 11 is 0. The maximum absolute atomic E-state index is 4.80. The summed E-state index contributed by atoms with van der Waals surface area (Å²) in [6.07, 6.45) is 2.40. The SMILES string of the molecule is CC(C)(C)/N=C1/CCCN1C(C)(C)C. The number of hydrogen-bond donors (Lipinski definition) is 0. The van der Waals surface area contributed by atoms with Crippen LogP contribution >= 0.6 is 0 Å². The molecule has 0 radical (unpaired) electrons. The van der Waals surface area contributed by atoms with Gasteiger partial charge in [-0.1, -0.05) is 0 Å². The quantitative estimate of drug-likeness (QED) is 0.581. The Balaban J connectivity index is 2.85. The van der Waals surface area contributed by atoms with Crippen molar-refractivity contribution >= 4 is 5.84 Å². The molecular weight excluding hydrogens is 172 g/mol. The molecule has 0 aromatic rings. The molecule has 1 heterocycles. The summed E-state index contributed by atoms with van der Waals surface area (Å²) in [7, 11) is 0. The van der Waals surface area contributed by atoms with Crippen molar-refractivity contribution in [3.63, 3.8) is 0 Å². The normalized spacial score (nSPS) is 22.1. The van der Waals surface area contributed by atoms with Crippen LogP contribution in [0.3, 0.4) is 0 Å². The first-order valence-corrected chi connectivity index (χ1v) is 5.56. The summed E-state index contributed by atoms with van der Waals surface area (Å²) in [6.45, 7) is 14.4. The van der Waals surface area contributed by atoms with E-state index >= 15 is 0 Å². The maximum Gasteiger partial charge on any atom is 0.1000 e. The van der Waals surface area contributed by atoms with Gasteiger partial charge in [0.05, 0.1) is 11.4 Å². The molecule has 1 aliphatic heterocycles. The molecule has 2 heteroatoms. The molecule has 0 aromatic heterocycles. The standard InChI is InChI=1S/C12H24N2/c1-11(2,3)13-10-8-7-9-14(10)12(4,5)6/h7-9H2,1-6H3/b13-10-. The number of nitrogens with zero attached hydrogens (tertiary/aromatic N) is 2. The van der Waals surface area contributed by atoms with Gasteiger partial charge in [-0.05, 0) is 48.0 Å². The van der Waals surface area contributed by atoms with Gasteiger partial charge >= 0.3 is 0 Å². The molecule has 0 aliphatic carbocycles. The highest BCUT2D eigenvalue weighted by Gasteiger charge is 2.29. The van der Waals surface area contributed by atoms with Crippen LogP contribution in [0.15, 0.2) is 4.99 Å². The van der Waals surface area contributed by atoms with Gasteiger partial charge in [-0.15, -0.1) is 0 Å². The lowest BCUT2D eigenvalue weighted by Crippen LogP contribution is -2.42. The van der Waals surface area contributed by atoms with Crippen molar-refractivity contribution in [2.24, 2.45) is 4.99 Å². The predicted octanol–water partition coefficient (Wildman–Crippen LogP) is 3.08. The van der Waals surface area contributed by atoms with E-state index in [0.717, 1.165) is 6.42 Å². The summed E-state index contributed by atoms with van der Waals surface area (Å²) in [5, 5.41) is 0. The van der Waals surface area contributed by atoms with Crippen LogP contribution < -0.4 is 0 Å². The summed E-state index contributed by atoms with van der Waals surface area (Å²) in [6, 6.07) is 0. The molecule has 0 atom stereocenters. The molecule has 14 heavy (non-hydrogen) atoms. The molecule has 0 spiro atoms. The molecule has 0 N–H and O–H groups in total. The molecule has 1 aliphatic rings. The summed E-state index contributed by atoms with van der Waals surface area (Å²) < 4.78 is 0. The Morgan fingerprint density at radius 2 is 1.64 bits per heavy atom. The van der Waals surface area contributed by atoms with Crippen LogP contribution in [-0.4, -0.2) is 28.4 Å². The molecule has 2 nitrogen and oxygen atoms in total. The maximum atomic E-state index is 4.80. The van der Waals surface area contributed by atoms with E-state index in [1.54, 1.807) is 0 Å². The Labute approximate surface area is 88.4 Å². The van der Waals surface area contributed by atoms with Gasteiger partial charge in [0.15, 0.2) is 0 Å².